The molecule has 9 atom stereocenters. The molecule has 2 aromatic rings. The van der Waals surface area contributed by atoms with Gasteiger partial charge in [0, 0.05) is 31.6 Å². The Labute approximate surface area is 240 Å². The highest BCUT2D eigenvalue weighted by atomic mass is 32.5. The van der Waals surface area contributed by atoms with Crippen molar-refractivity contribution in [2.75, 3.05) is 33.5 Å². The number of nitrogens with zero attached hydrogens (tertiary/aromatic N) is 3. The van der Waals surface area contributed by atoms with Crippen molar-refractivity contribution in [3.63, 3.8) is 0 Å². The lowest BCUT2D eigenvalue weighted by molar-refractivity contribution is -0.0643. The average Bonchev–Trinajstić information content (AvgIpc) is 3.43. The standard InChI is InChI=1S/C22H27FN5O12PS/c1-24-5-8-36-41(42,40-17-11(9-29)38-19(15(17)23)27-6-3-13(30)25-21(27)33)37-10-12-16(32)18(35-2)20(39-12)28-7-4-14(31)26-22(28)34/h3-4,6-7,11-12,15-20,29,32H,5,8-10H2,2H3,(H,25,30,33)(H,26,31,34)/t11-,12-,15+,16?,17?,18+,19-,20-,41?/m1/s1. The van der Waals surface area contributed by atoms with Gasteiger partial charge < -0.3 is 38.3 Å². The van der Waals surface area contributed by atoms with Crippen LogP contribution in [0, 0.1) is 6.57 Å². The summed E-state index contributed by atoms with van der Waals surface area (Å²) in [5, 5.41) is 20.7. The number of halogens is 1. The lowest BCUT2D eigenvalue weighted by atomic mass is 10.1. The van der Waals surface area contributed by atoms with Crippen molar-refractivity contribution in [1.82, 2.24) is 19.1 Å². The van der Waals surface area contributed by atoms with Crippen LogP contribution in [0.4, 0.5) is 4.39 Å². The van der Waals surface area contributed by atoms with Gasteiger partial charge >= 0.3 is 18.1 Å². The minimum atomic E-state index is -3.97. The second kappa shape index (κ2) is 13.6. The van der Waals surface area contributed by atoms with Gasteiger partial charge in [0.05, 0.1) is 13.2 Å². The Balaban J connectivity index is 1.53. The van der Waals surface area contributed by atoms with E-state index in [1.165, 1.54) is 7.11 Å². The summed E-state index contributed by atoms with van der Waals surface area (Å²) in [7, 11) is 1.27. The molecule has 2 fully saturated rings. The molecule has 2 saturated heterocycles. The molecule has 0 aromatic carbocycles. The summed E-state index contributed by atoms with van der Waals surface area (Å²) >= 11 is 5.45. The predicted molar refractivity (Wildman–Crippen MR) is 142 cm³/mol. The molecule has 0 aliphatic carbocycles. The first-order valence-electron chi connectivity index (χ1n) is 12.3. The summed E-state index contributed by atoms with van der Waals surface area (Å²) in [6.45, 7) is 1.31. The van der Waals surface area contributed by atoms with E-state index in [1.807, 2.05) is 4.98 Å². The molecule has 4 heterocycles. The lowest BCUT2D eigenvalue weighted by Gasteiger charge is -2.28. The second-order valence-corrected chi connectivity index (χ2v) is 12.0. The molecule has 2 aromatic heterocycles. The summed E-state index contributed by atoms with van der Waals surface area (Å²) in [4.78, 5) is 54.6. The monoisotopic (exact) mass is 635 g/mol. The highest BCUT2D eigenvalue weighted by Crippen LogP contribution is 2.54. The van der Waals surface area contributed by atoms with E-state index in [4.69, 9.17) is 46.2 Å². The van der Waals surface area contributed by atoms with E-state index in [-0.39, 0.29) is 13.2 Å². The number of aliphatic hydroxyl groups is 2. The molecule has 42 heavy (non-hydrogen) atoms. The van der Waals surface area contributed by atoms with Gasteiger partial charge in [-0.15, -0.1) is 0 Å². The van der Waals surface area contributed by atoms with Crippen LogP contribution in [0.15, 0.2) is 43.7 Å². The molecular formula is C22H27FN5O12PS. The van der Waals surface area contributed by atoms with E-state index in [9.17, 15) is 29.4 Å². The number of hydrogen-bond donors (Lipinski definition) is 4. The van der Waals surface area contributed by atoms with Crippen molar-refractivity contribution >= 4 is 18.5 Å². The number of ether oxygens (including phenoxy) is 3. The molecule has 4 N–H and O–H groups in total. The number of hydrogen-bond acceptors (Lipinski definition) is 13. The number of H-pyrrole nitrogens is 2. The molecule has 20 heteroatoms. The first-order valence-corrected chi connectivity index (χ1v) is 14.9. The Morgan fingerprint density at radius 3 is 2.19 bits per heavy atom. The van der Waals surface area contributed by atoms with Gasteiger partial charge in [-0.1, -0.05) is 0 Å². The van der Waals surface area contributed by atoms with E-state index < -0.39 is 91.6 Å². The van der Waals surface area contributed by atoms with Gasteiger partial charge in [0.2, 0.25) is 6.54 Å². The highest BCUT2D eigenvalue weighted by Gasteiger charge is 2.51. The maximum Gasteiger partial charge on any atom is 0.330 e. The third-order valence-electron chi connectivity index (χ3n) is 6.38. The van der Waals surface area contributed by atoms with Gasteiger partial charge in [-0.25, -0.2) is 20.6 Å². The first kappa shape index (κ1) is 32.0. The summed E-state index contributed by atoms with van der Waals surface area (Å²) in [5.41, 5.74) is -3.14. The number of aromatic nitrogens is 4. The summed E-state index contributed by atoms with van der Waals surface area (Å²) in [6.07, 6.45) is -9.33. The van der Waals surface area contributed by atoms with Gasteiger partial charge in [-0.05, 0) is 11.8 Å². The van der Waals surface area contributed by atoms with E-state index in [0.717, 1.165) is 33.7 Å². The molecule has 17 nitrogen and oxygen atoms in total. The molecule has 0 saturated carbocycles. The minimum Gasteiger partial charge on any atom is -0.394 e. The number of rotatable bonds is 12. The number of aliphatic hydroxyl groups excluding tert-OH is 2. The molecule has 0 spiro atoms. The van der Waals surface area contributed by atoms with Gasteiger partial charge in [-0.2, -0.15) is 0 Å². The zero-order valence-electron chi connectivity index (χ0n) is 21.8. The van der Waals surface area contributed by atoms with Crippen LogP contribution in [-0.4, -0.2) is 99.5 Å². The minimum absolute atomic E-state index is 0.157. The van der Waals surface area contributed by atoms with E-state index in [0.29, 0.717) is 0 Å². The quantitative estimate of drug-likeness (QED) is 0.115. The Kier molecular flexibility index (Phi) is 10.4. The van der Waals surface area contributed by atoms with Crippen LogP contribution < -0.4 is 22.5 Å². The SMILES string of the molecule is [C-]#[N+]CCOP(=S)(OC[C@H]1O[C@@H](n2ccc(=O)[nH]c2=O)[C@@H](OC)C1O)OC1[C@@H](CO)O[C@@H](n2ccc(=O)[nH]c2=O)[C@H]1F. The zero-order chi connectivity index (χ0) is 30.6. The van der Waals surface area contributed by atoms with Gasteiger partial charge in [0.1, 0.15) is 37.1 Å². The molecule has 0 amide bonds. The lowest BCUT2D eigenvalue weighted by Crippen LogP contribution is -2.39. The Hall–Kier alpha value is -2.89. The van der Waals surface area contributed by atoms with Gasteiger partial charge in [0.25, 0.3) is 11.1 Å². The highest BCUT2D eigenvalue weighted by molar-refractivity contribution is 8.07. The summed E-state index contributed by atoms with van der Waals surface area (Å²) in [5.74, 6) is 0. The number of aromatic amines is 2. The maximum atomic E-state index is 15.6. The largest absolute Gasteiger partial charge is 0.394 e. The fourth-order valence-corrected chi connectivity index (χ4v) is 6.48. The van der Waals surface area contributed by atoms with E-state index >= 15 is 4.39 Å². The number of alkyl halides is 1. The molecule has 230 valence electrons. The van der Waals surface area contributed by atoms with Crippen LogP contribution in [0.3, 0.4) is 0 Å². The van der Waals surface area contributed by atoms with E-state index in [2.05, 4.69) is 9.83 Å². The van der Waals surface area contributed by atoms with Crippen molar-refractivity contribution in [2.24, 2.45) is 0 Å². The molecule has 3 unspecified atom stereocenters. The molecule has 0 bridgehead atoms. The van der Waals surface area contributed by atoms with Crippen molar-refractivity contribution in [3.05, 3.63) is 77.6 Å². The normalized spacial score (nSPS) is 30.6. The van der Waals surface area contributed by atoms with Crippen LogP contribution in [0.2, 0.25) is 0 Å². The first-order chi connectivity index (χ1) is 20.0. The smallest absolute Gasteiger partial charge is 0.330 e. The number of methoxy groups -OCH3 is 1. The van der Waals surface area contributed by atoms with Gasteiger partial charge in [0.15, 0.2) is 18.6 Å². The summed E-state index contributed by atoms with van der Waals surface area (Å²) < 4.78 is 51.0. The fraction of sp³-hybridized carbons (Fsp3) is 0.591. The number of nitrogens with one attached hydrogen (secondary N) is 2. The third-order valence-corrected chi connectivity index (χ3v) is 8.74. The van der Waals surface area contributed by atoms with Crippen molar-refractivity contribution in [3.8, 4) is 0 Å². The molecule has 2 aliphatic heterocycles. The summed E-state index contributed by atoms with van der Waals surface area (Å²) in [6, 6.07) is 2.06. The molecule has 4 rings (SSSR count). The van der Waals surface area contributed by atoms with Crippen LogP contribution in [0.25, 0.3) is 4.85 Å². The average molecular weight is 636 g/mol. The Morgan fingerprint density at radius 1 is 1.05 bits per heavy atom. The van der Waals surface area contributed by atoms with Crippen LogP contribution in [0.1, 0.15) is 12.5 Å². The molecule has 2 aliphatic rings. The van der Waals surface area contributed by atoms with Crippen LogP contribution in [0.5, 0.6) is 0 Å². The molecule has 0 radical (unpaired) electrons. The predicted octanol–water partition coefficient (Wildman–Crippen LogP) is -1.85. The van der Waals surface area contributed by atoms with Crippen LogP contribution >= 0.6 is 6.72 Å². The topological polar surface area (TPSA) is 210 Å². The van der Waals surface area contributed by atoms with Crippen LogP contribution in [-0.2, 0) is 39.6 Å². The second-order valence-electron chi connectivity index (χ2n) is 9.01. The third kappa shape index (κ3) is 6.84. The van der Waals surface area contributed by atoms with Gasteiger partial charge in [-0.3, -0.25) is 33.2 Å². The van der Waals surface area contributed by atoms with E-state index in [1.54, 1.807) is 0 Å². The van der Waals surface area contributed by atoms with Crippen molar-refractivity contribution < 1.29 is 42.4 Å². The Bertz CT molecular complexity index is 1570. The zero-order valence-corrected chi connectivity index (χ0v) is 23.5. The molecular weight excluding hydrogens is 608 g/mol. The Morgan fingerprint density at radius 2 is 1.64 bits per heavy atom. The maximum absolute atomic E-state index is 15.6. The van der Waals surface area contributed by atoms with Crippen molar-refractivity contribution in [2.45, 2.75) is 49.1 Å². The fourth-order valence-electron chi connectivity index (χ4n) is 4.39. The van der Waals surface area contributed by atoms with Crippen molar-refractivity contribution in [1.29, 1.82) is 0 Å².